The summed E-state index contributed by atoms with van der Waals surface area (Å²) in [6, 6.07) is 11.5. The van der Waals surface area contributed by atoms with Crippen LogP contribution < -0.4 is 10.6 Å². The molecular weight excluding hydrogens is 376 g/mol. The number of amides is 2. The van der Waals surface area contributed by atoms with Crippen LogP contribution in [0.2, 0.25) is 0 Å². The van der Waals surface area contributed by atoms with E-state index < -0.39 is 17.8 Å². The van der Waals surface area contributed by atoms with Crippen molar-refractivity contribution in [1.29, 1.82) is 0 Å². The molecule has 0 unspecified atom stereocenters. The minimum Gasteiger partial charge on any atom is -0.478 e. The lowest BCUT2D eigenvalue weighted by Gasteiger charge is -2.09. The first-order valence-corrected chi connectivity index (χ1v) is 8.86. The van der Waals surface area contributed by atoms with Crippen molar-refractivity contribution in [2.45, 2.75) is 20.5 Å². The highest BCUT2D eigenvalue weighted by Gasteiger charge is 2.11. The summed E-state index contributed by atoms with van der Waals surface area (Å²) in [4.78, 5) is 46.4. The van der Waals surface area contributed by atoms with Crippen molar-refractivity contribution in [2.75, 3.05) is 13.1 Å². The van der Waals surface area contributed by atoms with E-state index in [4.69, 9.17) is 9.84 Å². The zero-order valence-corrected chi connectivity index (χ0v) is 16.2. The second-order valence-electron chi connectivity index (χ2n) is 6.44. The normalized spacial score (nSPS) is 10.1. The van der Waals surface area contributed by atoms with E-state index in [1.165, 1.54) is 6.07 Å². The van der Waals surface area contributed by atoms with Crippen molar-refractivity contribution in [2.24, 2.45) is 0 Å². The Morgan fingerprint density at radius 2 is 1.62 bits per heavy atom. The van der Waals surface area contributed by atoms with Crippen LogP contribution in [0.3, 0.4) is 0 Å². The summed E-state index contributed by atoms with van der Waals surface area (Å²) in [5, 5.41) is 13.8. The van der Waals surface area contributed by atoms with Crippen LogP contribution in [-0.4, -0.2) is 41.9 Å². The van der Waals surface area contributed by atoms with Crippen molar-refractivity contribution in [1.82, 2.24) is 10.6 Å². The molecule has 3 N–H and O–H groups in total. The molecule has 2 aromatic carbocycles. The van der Waals surface area contributed by atoms with Crippen LogP contribution in [0.4, 0.5) is 0 Å². The van der Waals surface area contributed by atoms with Crippen molar-refractivity contribution < 1.29 is 29.0 Å². The van der Waals surface area contributed by atoms with E-state index in [1.807, 2.05) is 6.92 Å². The maximum absolute atomic E-state index is 11.9. The Morgan fingerprint density at radius 3 is 2.24 bits per heavy atom. The van der Waals surface area contributed by atoms with E-state index in [0.717, 1.165) is 5.56 Å². The van der Waals surface area contributed by atoms with Crippen LogP contribution in [-0.2, 0) is 20.9 Å². The molecule has 0 saturated carbocycles. The first-order chi connectivity index (χ1) is 13.8. The summed E-state index contributed by atoms with van der Waals surface area (Å²) in [7, 11) is 0. The zero-order valence-electron chi connectivity index (χ0n) is 16.2. The van der Waals surface area contributed by atoms with E-state index in [1.54, 1.807) is 43.3 Å². The van der Waals surface area contributed by atoms with E-state index in [2.05, 4.69) is 10.6 Å². The van der Waals surface area contributed by atoms with Gasteiger partial charge >= 0.3 is 11.9 Å². The Labute approximate surface area is 167 Å². The van der Waals surface area contributed by atoms with Gasteiger partial charge in [0.25, 0.3) is 5.91 Å². The molecule has 8 nitrogen and oxygen atoms in total. The molecule has 0 spiro atoms. The molecule has 0 fully saturated rings. The average molecular weight is 398 g/mol. The third-order valence-corrected chi connectivity index (χ3v) is 4.07. The quantitative estimate of drug-likeness (QED) is 0.581. The van der Waals surface area contributed by atoms with Gasteiger partial charge < -0.3 is 20.5 Å². The van der Waals surface area contributed by atoms with E-state index in [0.29, 0.717) is 16.7 Å². The number of nitrogens with one attached hydrogen (secondary N) is 2. The lowest BCUT2D eigenvalue weighted by atomic mass is 10.1. The molecule has 0 aliphatic heterocycles. The molecule has 8 heteroatoms. The Balaban J connectivity index is 1.71. The van der Waals surface area contributed by atoms with Crippen molar-refractivity contribution in [3.63, 3.8) is 0 Å². The average Bonchev–Trinajstić information content (AvgIpc) is 2.69. The molecule has 152 valence electrons. The van der Waals surface area contributed by atoms with Crippen molar-refractivity contribution in [3.8, 4) is 0 Å². The van der Waals surface area contributed by atoms with E-state index >= 15 is 0 Å². The fraction of sp³-hybridized carbons (Fsp3) is 0.238. The summed E-state index contributed by atoms with van der Waals surface area (Å²) in [5.41, 5.74) is 2.83. The van der Waals surface area contributed by atoms with Gasteiger partial charge in [-0.3, -0.25) is 14.4 Å². The fourth-order valence-corrected chi connectivity index (χ4v) is 2.47. The number of ether oxygens (including phenoxy) is 1. The van der Waals surface area contributed by atoms with Crippen LogP contribution in [0.15, 0.2) is 42.5 Å². The smallest absolute Gasteiger partial charge is 0.335 e. The summed E-state index contributed by atoms with van der Waals surface area (Å²) in [6.45, 7) is 2.90. The van der Waals surface area contributed by atoms with E-state index in [-0.39, 0.29) is 31.2 Å². The lowest BCUT2D eigenvalue weighted by Crippen LogP contribution is -2.39. The first-order valence-electron chi connectivity index (χ1n) is 8.86. The molecule has 0 bridgehead atoms. The number of hydrogen-bond acceptors (Lipinski definition) is 5. The summed E-state index contributed by atoms with van der Waals surface area (Å²) in [6.07, 6.45) is 0. The topological polar surface area (TPSA) is 122 Å². The van der Waals surface area contributed by atoms with Crippen LogP contribution >= 0.6 is 0 Å². The number of hydrogen-bond donors (Lipinski definition) is 3. The van der Waals surface area contributed by atoms with Gasteiger partial charge in [0.05, 0.1) is 12.1 Å². The number of carbonyl (C=O) groups is 4. The number of esters is 1. The molecular formula is C21H22N2O6. The third-order valence-electron chi connectivity index (χ3n) is 4.07. The van der Waals surface area contributed by atoms with Gasteiger partial charge in [-0.15, -0.1) is 0 Å². The van der Waals surface area contributed by atoms with Crippen LogP contribution in [0.1, 0.15) is 37.4 Å². The molecule has 2 aromatic rings. The van der Waals surface area contributed by atoms with Crippen LogP contribution in [0.25, 0.3) is 0 Å². The first kappa shape index (κ1) is 21.6. The Hall–Kier alpha value is -3.68. The SMILES string of the molecule is Cc1ccc(C(=O)NCC(=O)NCC(=O)OCc2ccc(C(=O)O)c(C)c2)cc1. The second kappa shape index (κ2) is 10.0. The molecule has 0 aromatic heterocycles. The minimum atomic E-state index is -1.02. The highest BCUT2D eigenvalue weighted by atomic mass is 16.5. The molecule has 29 heavy (non-hydrogen) atoms. The third kappa shape index (κ3) is 6.76. The Morgan fingerprint density at radius 1 is 0.931 bits per heavy atom. The van der Waals surface area contributed by atoms with Gasteiger partial charge in [-0.25, -0.2) is 4.79 Å². The molecule has 2 amide bonds. The standard InChI is InChI=1S/C21H22N2O6/c1-13-3-6-16(7-4-13)20(26)23-10-18(24)22-11-19(25)29-12-15-5-8-17(21(27)28)14(2)9-15/h3-9H,10-12H2,1-2H3,(H,22,24)(H,23,26)(H,27,28). The lowest BCUT2D eigenvalue weighted by molar-refractivity contribution is -0.145. The molecule has 0 atom stereocenters. The molecule has 0 radical (unpaired) electrons. The maximum atomic E-state index is 11.9. The Kier molecular flexibility index (Phi) is 7.47. The number of benzene rings is 2. The van der Waals surface area contributed by atoms with Crippen LogP contribution in [0, 0.1) is 13.8 Å². The molecule has 0 saturated heterocycles. The molecule has 2 rings (SSSR count). The number of carboxylic acids is 1. The number of aromatic carboxylic acids is 1. The predicted octanol–water partition coefficient (Wildman–Crippen LogP) is 1.59. The van der Waals surface area contributed by atoms with Crippen molar-refractivity contribution >= 4 is 23.8 Å². The molecule has 0 aliphatic carbocycles. The minimum absolute atomic E-state index is 0.0421. The fourth-order valence-electron chi connectivity index (χ4n) is 2.47. The highest BCUT2D eigenvalue weighted by molar-refractivity contribution is 5.96. The summed E-state index contributed by atoms with van der Waals surface area (Å²) >= 11 is 0. The molecule has 0 aliphatic rings. The largest absolute Gasteiger partial charge is 0.478 e. The van der Waals surface area contributed by atoms with Crippen molar-refractivity contribution in [3.05, 3.63) is 70.3 Å². The molecule has 0 heterocycles. The van der Waals surface area contributed by atoms with Crippen LogP contribution in [0.5, 0.6) is 0 Å². The predicted molar refractivity (Wildman–Crippen MR) is 104 cm³/mol. The monoisotopic (exact) mass is 398 g/mol. The highest BCUT2D eigenvalue weighted by Crippen LogP contribution is 2.12. The summed E-state index contributed by atoms with van der Waals surface area (Å²) in [5.74, 6) is -2.58. The van der Waals surface area contributed by atoms with Gasteiger partial charge in [0.2, 0.25) is 5.91 Å². The number of carbonyl (C=O) groups excluding carboxylic acids is 3. The maximum Gasteiger partial charge on any atom is 0.335 e. The van der Waals surface area contributed by atoms with Gasteiger partial charge in [-0.1, -0.05) is 29.8 Å². The van der Waals surface area contributed by atoms with Gasteiger partial charge in [0.1, 0.15) is 13.2 Å². The van der Waals surface area contributed by atoms with Gasteiger partial charge in [-0.2, -0.15) is 0 Å². The number of aryl methyl sites for hydroxylation is 2. The van der Waals surface area contributed by atoms with E-state index in [9.17, 15) is 19.2 Å². The summed E-state index contributed by atoms with van der Waals surface area (Å²) < 4.78 is 5.05. The Bertz CT molecular complexity index is 921. The number of carboxylic acid groups (broad SMARTS) is 1. The second-order valence-corrected chi connectivity index (χ2v) is 6.44. The van der Waals surface area contributed by atoms with Gasteiger partial charge in [-0.05, 0) is 43.2 Å². The number of rotatable bonds is 8. The van der Waals surface area contributed by atoms with Gasteiger partial charge in [0, 0.05) is 5.56 Å². The van der Waals surface area contributed by atoms with Gasteiger partial charge in [0.15, 0.2) is 0 Å². The zero-order chi connectivity index (χ0) is 21.4.